The van der Waals surface area contributed by atoms with Crippen molar-refractivity contribution in [1.82, 2.24) is 4.90 Å². The summed E-state index contributed by atoms with van der Waals surface area (Å²) in [5.41, 5.74) is 1.06. The molecule has 1 amide bonds. The van der Waals surface area contributed by atoms with Gasteiger partial charge in [0.2, 0.25) is 5.91 Å². The van der Waals surface area contributed by atoms with Gasteiger partial charge in [0, 0.05) is 19.0 Å². The van der Waals surface area contributed by atoms with Gasteiger partial charge in [0.05, 0.1) is 18.6 Å². The van der Waals surface area contributed by atoms with Crippen molar-refractivity contribution in [2.75, 3.05) is 13.7 Å². The summed E-state index contributed by atoms with van der Waals surface area (Å²) in [6, 6.07) is 17.8. The Morgan fingerprint density at radius 3 is 2.52 bits per heavy atom. The minimum atomic E-state index is -1.04. The Morgan fingerprint density at radius 2 is 1.85 bits per heavy atom. The van der Waals surface area contributed by atoms with E-state index in [0.717, 1.165) is 23.3 Å². The molecule has 0 spiro atoms. The largest absolute Gasteiger partial charge is 0.496 e. The summed E-state index contributed by atoms with van der Waals surface area (Å²) in [6.07, 6.45) is 1.33. The number of aliphatic hydroxyl groups is 1. The lowest BCUT2D eigenvalue weighted by Crippen LogP contribution is -2.55. The number of carbonyl (C=O) groups is 1. The van der Waals surface area contributed by atoms with Gasteiger partial charge in [0.15, 0.2) is 0 Å². The van der Waals surface area contributed by atoms with Crippen molar-refractivity contribution in [3.05, 3.63) is 65.7 Å². The highest BCUT2D eigenvalue weighted by Gasteiger charge is 2.48. The van der Waals surface area contributed by atoms with Crippen LogP contribution in [0.25, 0.3) is 0 Å². The van der Waals surface area contributed by atoms with Crippen LogP contribution in [-0.4, -0.2) is 35.2 Å². The summed E-state index contributed by atoms with van der Waals surface area (Å²) >= 11 is 0. The molecule has 0 saturated carbocycles. The Bertz CT molecular complexity index is 772. The molecule has 2 aromatic carbocycles. The summed E-state index contributed by atoms with van der Waals surface area (Å²) in [4.78, 5) is 15.3. The molecule has 2 aromatic rings. The Labute approximate surface area is 161 Å². The first kappa shape index (κ1) is 19.4. The van der Waals surface area contributed by atoms with E-state index < -0.39 is 11.5 Å². The molecule has 1 fully saturated rings. The number of nitrogens with zero attached hydrogens (tertiary/aromatic N) is 1. The third-order valence-electron chi connectivity index (χ3n) is 5.73. The van der Waals surface area contributed by atoms with Crippen molar-refractivity contribution in [3.8, 4) is 5.75 Å². The molecule has 1 aliphatic rings. The van der Waals surface area contributed by atoms with Gasteiger partial charge < -0.3 is 14.7 Å². The molecule has 3 atom stereocenters. The van der Waals surface area contributed by atoms with E-state index >= 15 is 0 Å². The van der Waals surface area contributed by atoms with Gasteiger partial charge in [-0.3, -0.25) is 4.79 Å². The Balaban J connectivity index is 1.93. The maximum Gasteiger partial charge on any atom is 0.229 e. The fourth-order valence-corrected chi connectivity index (χ4v) is 4.26. The monoisotopic (exact) mass is 367 g/mol. The topological polar surface area (TPSA) is 49.8 Å². The standard InChI is InChI=1S/C23H29NO3/c1-4-18(19-12-8-9-13-20(19)27-3)21-22(25)24(15-14-23(21,2)26)16-17-10-6-5-7-11-17/h5-13,18,21,26H,4,14-16H2,1-3H3/t18-,21-,23+/m0/s1. The Morgan fingerprint density at radius 1 is 1.19 bits per heavy atom. The molecule has 4 nitrogen and oxygen atoms in total. The zero-order chi connectivity index (χ0) is 19.4. The second-order valence-corrected chi connectivity index (χ2v) is 7.59. The molecule has 0 aliphatic carbocycles. The predicted molar refractivity (Wildman–Crippen MR) is 107 cm³/mol. The summed E-state index contributed by atoms with van der Waals surface area (Å²) in [7, 11) is 1.65. The van der Waals surface area contributed by atoms with Gasteiger partial charge in [-0.05, 0) is 37.0 Å². The minimum absolute atomic E-state index is 0.0212. The molecular weight excluding hydrogens is 338 g/mol. The first-order valence-corrected chi connectivity index (χ1v) is 9.66. The zero-order valence-corrected chi connectivity index (χ0v) is 16.4. The van der Waals surface area contributed by atoms with E-state index in [1.807, 2.05) is 59.5 Å². The molecule has 1 heterocycles. The van der Waals surface area contributed by atoms with Crippen LogP contribution < -0.4 is 4.74 Å². The summed E-state index contributed by atoms with van der Waals surface area (Å²) < 4.78 is 5.54. The van der Waals surface area contributed by atoms with Crippen LogP contribution in [0.1, 0.15) is 43.7 Å². The van der Waals surface area contributed by atoms with Crippen molar-refractivity contribution in [3.63, 3.8) is 0 Å². The van der Waals surface area contributed by atoms with Gasteiger partial charge in [0.1, 0.15) is 5.75 Å². The van der Waals surface area contributed by atoms with Gasteiger partial charge in [-0.1, -0.05) is 55.5 Å². The second-order valence-electron chi connectivity index (χ2n) is 7.59. The zero-order valence-electron chi connectivity index (χ0n) is 16.4. The minimum Gasteiger partial charge on any atom is -0.496 e. The van der Waals surface area contributed by atoms with Crippen LogP contribution >= 0.6 is 0 Å². The van der Waals surface area contributed by atoms with Gasteiger partial charge >= 0.3 is 0 Å². The molecule has 0 bridgehead atoms. The SMILES string of the molecule is CC[C@@H](c1ccccc1OC)[C@H]1C(=O)N(Cc2ccccc2)CC[C@@]1(C)O. The number of para-hydroxylation sites is 1. The number of piperidine rings is 1. The van der Waals surface area contributed by atoms with Crippen LogP contribution in [0.3, 0.4) is 0 Å². The van der Waals surface area contributed by atoms with E-state index in [0.29, 0.717) is 19.5 Å². The van der Waals surface area contributed by atoms with Crippen molar-refractivity contribution in [2.24, 2.45) is 5.92 Å². The summed E-state index contributed by atoms with van der Waals surface area (Å²) in [5, 5.41) is 11.1. The van der Waals surface area contributed by atoms with Crippen molar-refractivity contribution >= 4 is 5.91 Å². The number of likely N-dealkylation sites (tertiary alicyclic amines) is 1. The number of hydrogen-bond donors (Lipinski definition) is 1. The lowest BCUT2D eigenvalue weighted by Gasteiger charge is -2.45. The predicted octanol–water partition coefficient (Wildman–Crippen LogP) is 3.99. The molecule has 1 aliphatic heterocycles. The average molecular weight is 367 g/mol. The number of rotatable bonds is 6. The molecule has 1 saturated heterocycles. The van der Waals surface area contributed by atoms with Gasteiger partial charge in [0.25, 0.3) is 0 Å². The lowest BCUT2D eigenvalue weighted by molar-refractivity contribution is -0.156. The molecule has 144 valence electrons. The third kappa shape index (κ3) is 4.01. The maximum atomic E-state index is 13.4. The molecule has 4 heteroatoms. The summed E-state index contributed by atoms with van der Waals surface area (Å²) in [6.45, 7) is 5.01. The van der Waals surface area contributed by atoms with E-state index in [9.17, 15) is 9.90 Å². The molecule has 1 N–H and O–H groups in total. The number of methoxy groups -OCH3 is 1. The molecule has 0 aromatic heterocycles. The highest BCUT2D eigenvalue weighted by Crippen LogP contribution is 2.43. The van der Waals surface area contributed by atoms with Crippen molar-refractivity contribution < 1.29 is 14.6 Å². The fraction of sp³-hybridized carbons (Fsp3) is 0.435. The van der Waals surface area contributed by atoms with Gasteiger partial charge in [-0.15, -0.1) is 0 Å². The fourth-order valence-electron chi connectivity index (χ4n) is 4.26. The Kier molecular flexibility index (Phi) is 5.85. The number of amides is 1. The number of ether oxygens (including phenoxy) is 1. The van der Waals surface area contributed by atoms with Crippen LogP contribution in [0.4, 0.5) is 0 Å². The van der Waals surface area contributed by atoms with Gasteiger partial charge in [-0.25, -0.2) is 0 Å². The molecular formula is C23H29NO3. The van der Waals surface area contributed by atoms with E-state index in [4.69, 9.17) is 4.74 Å². The molecule has 3 rings (SSSR count). The Hall–Kier alpha value is -2.33. The van der Waals surface area contributed by atoms with Crippen LogP contribution in [0.2, 0.25) is 0 Å². The van der Waals surface area contributed by atoms with Crippen LogP contribution in [0.15, 0.2) is 54.6 Å². The van der Waals surface area contributed by atoms with E-state index in [1.54, 1.807) is 14.0 Å². The average Bonchev–Trinajstić information content (AvgIpc) is 2.68. The smallest absolute Gasteiger partial charge is 0.229 e. The third-order valence-corrected chi connectivity index (χ3v) is 5.73. The first-order valence-electron chi connectivity index (χ1n) is 9.66. The number of carbonyl (C=O) groups excluding carboxylic acids is 1. The summed E-state index contributed by atoms with van der Waals surface area (Å²) in [5.74, 6) is 0.208. The normalized spacial score (nSPS) is 23.9. The highest BCUT2D eigenvalue weighted by molar-refractivity contribution is 5.82. The second kappa shape index (κ2) is 8.13. The van der Waals surface area contributed by atoms with Crippen molar-refractivity contribution in [2.45, 2.75) is 44.8 Å². The lowest BCUT2D eigenvalue weighted by atomic mass is 9.70. The molecule has 0 unspecified atom stereocenters. The number of hydrogen-bond acceptors (Lipinski definition) is 3. The van der Waals surface area contributed by atoms with Crippen molar-refractivity contribution in [1.29, 1.82) is 0 Å². The van der Waals surface area contributed by atoms with Crippen LogP contribution in [-0.2, 0) is 11.3 Å². The molecule has 0 radical (unpaired) electrons. The van der Waals surface area contributed by atoms with E-state index in [1.165, 1.54) is 0 Å². The van der Waals surface area contributed by atoms with Crippen LogP contribution in [0.5, 0.6) is 5.75 Å². The highest BCUT2D eigenvalue weighted by atomic mass is 16.5. The number of benzene rings is 2. The van der Waals surface area contributed by atoms with Crippen LogP contribution in [0, 0.1) is 5.92 Å². The first-order chi connectivity index (χ1) is 13.0. The van der Waals surface area contributed by atoms with E-state index in [-0.39, 0.29) is 11.8 Å². The molecule has 27 heavy (non-hydrogen) atoms. The van der Waals surface area contributed by atoms with Gasteiger partial charge in [-0.2, -0.15) is 0 Å². The quantitative estimate of drug-likeness (QED) is 0.840. The van der Waals surface area contributed by atoms with E-state index in [2.05, 4.69) is 6.92 Å². The maximum absolute atomic E-state index is 13.4.